The molecule has 0 aromatic heterocycles. The number of carbonyl (C=O) groups is 2. The quantitative estimate of drug-likeness (QED) is 0.0928. The van der Waals surface area contributed by atoms with Crippen molar-refractivity contribution in [2.24, 2.45) is 0 Å². The van der Waals surface area contributed by atoms with Gasteiger partial charge in [-0.05, 0) is 66.1 Å². The molecule has 3 rings (SSSR count). The van der Waals surface area contributed by atoms with Crippen LogP contribution in [0.15, 0.2) is 84.9 Å². The van der Waals surface area contributed by atoms with Crippen LogP contribution in [0.3, 0.4) is 0 Å². The SMILES string of the molecule is CCCCCOc1ccc(/C=C/C(=O)Oc2cccc(C(=O)/C=C/c3ccc(N(C)C)cc3)c2)cc1. The van der Waals surface area contributed by atoms with Crippen LogP contribution in [-0.2, 0) is 4.79 Å². The third-order valence-electron chi connectivity index (χ3n) is 5.48. The van der Waals surface area contributed by atoms with Gasteiger partial charge in [-0.1, -0.05) is 62.2 Å². The lowest BCUT2D eigenvalue weighted by molar-refractivity contribution is -0.128. The number of unbranched alkanes of at least 4 members (excludes halogenated alkanes) is 2. The first kappa shape index (κ1) is 26.5. The van der Waals surface area contributed by atoms with Gasteiger partial charge in [0.25, 0.3) is 0 Å². The summed E-state index contributed by atoms with van der Waals surface area (Å²) >= 11 is 0. The zero-order valence-electron chi connectivity index (χ0n) is 21.1. The van der Waals surface area contributed by atoms with Crippen molar-refractivity contribution in [2.75, 3.05) is 25.6 Å². The van der Waals surface area contributed by atoms with Crippen LogP contribution < -0.4 is 14.4 Å². The molecule has 0 aliphatic heterocycles. The van der Waals surface area contributed by atoms with Gasteiger partial charge in [-0.25, -0.2) is 4.79 Å². The van der Waals surface area contributed by atoms with Crippen molar-refractivity contribution in [3.05, 3.63) is 102 Å². The van der Waals surface area contributed by atoms with Gasteiger partial charge in [0.15, 0.2) is 5.78 Å². The van der Waals surface area contributed by atoms with Crippen LogP contribution in [0.4, 0.5) is 5.69 Å². The summed E-state index contributed by atoms with van der Waals surface area (Å²) in [5.74, 6) is 0.440. The fourth-order valence-corrected chi connectivity index (χ4v) is 3.40. The second-order valence-electron chi connectivity index (χ2n) is 8.59. The lowest BCUT2D eigenvalue weighted by Gasteiger charge is -2.11. The smallest absolute Gasteiger partial charge is 0.336 e. The summed E-state index contributed by atoms with van der Waals surface area (Å²) < 4.78 is 11.1. The molecule has 5 heteroatoms. The van der Waals surface area contributed by atoms with Crippen LogP contribution in [0.2, 0.25) is 0 Å². The van der Waals surface area contributed by atoms with Gasteiger partial charge in [0.2, 0.25) is 0 Å². The van der Waals surface area contributed by atoms with E-state index < -0.39 is 5.97 Å². The number of rotatable bonds is 12. The number of nitrogens with zero attached hydrogens (tertiary/aromatic N) is 1. The molecular formula is C31H33NO4. The number of allylic oxidation sites excluding steroid dienone is 1. The summed E-state index contributed by atoms with van der Waals surface area (Å²) in [7, 11) is 3.96. The van der Waals surface area contributed by atoms with E-state index in [2.05, 4.69) is 6.92 Å². The third-order valence-corrected chi connectivity index (χ3v) is 5.48. The fraction of sp³-hybridized carbons (Fsp3) is 0.226. The Labute approximate surface area is 213 Å². The zero-order chi connectivity index (χ0) is 25.8. The summed E-state index contributed by atoms with van der Waals surface area (Å²) in [6.07, 6.45) is 9.69. The van der Waals surface area contributed by atoms with E-state index in [4.69, 9.17) is 9.47 Å². The third kappa shape index (κ3) is 8.58. The van der Waals surface area contributed by atoms with Gasteiger partial charge in [-0.2, -0.15) is 0 Å². The highest BCUT2D eigenvalue weighted by molar-refractivity contribution is 6.07. The van der Waals surface area contributed by atoms with Crippen LogP contribution in [0, 0.1) is 0 Å². The minimum atomic E-state index is -0.518. The average Bonchev–Trinajstić information content (AvgIpc) is 2.89. The molecule has 0 fully saturated rings. The molecule has 0 atom stereocenters. The van der Waals surface area contributed by atoms with E-state index >= 15 is 0 Å². The first-order valence-corrected chi connectivity index (χ1v) is 12.2. The van der Waals surface area contributed by atoms with Gasteiger partial charge in [-0.3, -0.25) is 4.79 Å². The molecule has 0 aliphatic rings. The van der Waals surface area contributed by atoms with Crippen LogP contribution >= 0.6 is 0 Å². The van der Waals surface area contributed by atoms with Gasteiger partial charge in [0.1, 0.15) is 11.5 Å². The Hall–Kier alpha value is -4.12. The monoisotopic (exact) mass is 483 g/mol. The van der Waals surface area contributed by atoms with E-state index in [1.165, 1.54) is 12.2 Å². The number of ketones is 1. The van der Waals surface area contributed by atoms with Crippen molar-refractivity contribution in [2.45, 2.75) is 26.2 Å². The Balaban J connectivity index is 1.54. The zero-order valence-corrected chi connectivity index (χ0v) is 21.1. The molecular weight excluding hydrogens is 450 g/mol. The van der Waals surface area contributed by atoms with Crippen LogP contribution in [0.1, 0.15) is 47.7 Å². The normalized spacial score (nSPS) is 11.1. The second kappa shape index (κ2) is 13.7. The Bertz CT molecular complexity index is 1190. The largest absolute Gasteiger partial charge is 0.494 e. The van der Waals surface area contributed by atoms with Crippen molar-refractivity contribution in [3.63, 3.8) is 0 Å². The molecule has 0 saturated carbocycles. The average molecular weight is 484 g/mol. The lowest BCUT2D eigenvalue weighted by Crippen LogP contribution is -2.07. The maximum absolute atomic E-state index is 12.6. The van der Waals surface area contributed by atoms with Crippen LogP contribution in [-0.4, -0.2) is 32.5 Å². The summed E-state index contributed by atoms with van der Waals surface area (Å²) in [6, 6.07) is 22.1. The fourth-order valence-electron chi connectivity index (χ4n) is 3.40. The number of hydrogen-bond acceptors (Lipinski definition) is 5. The topological polar surface area (TPSA) is 55.8 Å². The van der Waals surface area contributed by atoms with E-state index in [1.807, 2.05) is 67.5 Å². The molecule has 0 unspecified atom stereocenters. The maximum atomic E-state index is 12.6. The van der Waals surface area contributed by atoms with E-state index in [1.54, 1.807) is 36.4 Å². The summed E-state index contributed by atoms with van der Waals surface area (Å²) in [5.41, 5.74) is 3.32. The van der Waals surface area contributed by atoms with E-state index in [9.17, 15) is 9.59 Å². The molecule has 0 bridgehead atoms. The van der Waals surface area contributed by atoms with Gasteiger partial charge in [0, 0.05) is 31.4 Å². The number of esters is 1. The van der Waals surface area contributed by atoms with E-state index in [0.29, 0.717) is 17.9 Å². The first-order chi connectivity index (χ1) is 17.4. The van der Waals surface area contributed by atoms with Gasteiger partial charge >= 0.3 is 5.97 Å². The molecule has 0 N–H and O–H groups in total. The van der Waals surface area contributed by atoms with Crippen molar-refractivity contribution in [1.29, 1.82) is 0 Å². The molecule has 3 aromatic rings. The summed E-state index contributed by atoms with van der Waals surface area (Å²) in [5, 5.41) is 0. The van der Waals surface area contributed by atoms with E-state index in [0.717, 1.165) is 41.8 Å². The van der Waals surface area contributed by atoms with Gasteiger partial charge in [0.05, 0.1) is 6.61 Å². The van der Waals surface area contributed by atoms with Crippen molar-refractivity contribution >= 4 is 29.6 Å². The Kier molecular flexibility index (Phi) is 10.1. The number of anilines is 1. The number of benzene rings is 3. The minimum Gasteiger partial charge on any atom is -0.494 e. The van der Waals surface area contributed by atoms with E-state index in [-0.39, 0.29) is 5.78 Å². The Morgan fingerprint density at radius 3 is 2.14 bits per heavy atom. The predicted molar refractivity (Wildman–Crippen MR) is 147 cm³/mol. The molecule has 0 heterocycles. The first-order valence-electron chi connectivity index (χ1n) is 12.2. The predicted octanol–water partition coefficient (Wildman–Crippen LogP) is 6.84. The molecule has 36 heavy (non-hydrogen) atoms. The molecule has 3 aromatic carbocycles. The molecule has 0 saturated heterocycles. The lowest BCUT2D eigenvalue weighted by atomic mass is 10.1. The molecule has 0 amide bonds. The summed E-state index contributed by atoms with van der Waals surface area (Å²) in [4.78, 5) is 26.9. The van der Waals surface area contributed by atoms with Gasteiger partial charge in [-0.15, -0.1) is 0 Å². The molecule has 5 nitrogen and oxygen atoms in total. The van der Waals surface area contributed by atoms with Crippen molar-refractivity contribution in [3.8, 4) is 11.5 Å². The molecule has 0 spiro atoms. The summed E-state index contributed by atoms with van der Waals surface area (Å²) in [6.45, 7) is 2.87. The minimum absolute atomic E-state index is 0.169. The Morgan fingerprint density at radius 1 is 0.806 bits per heavy atom. The number of hydrogen-bond donors (Lipinski definition) is 0. The maximum Gasteiger partial charge on any atom is 0.336 e. The standard InChI is InChI=1S/C31H33NO4/c1-4-5-6-22-35-28-18-12-25(13-19-28)15-21-31(34)36-29-9-7-8-26(23-29)30(33)20-14-24-10-16-27(17-11-24)32(2)3/h7-21,23H,4-6,22H2,1-3H3/b20-14+,21-15+. The number of carbonyl (C=O) groups excluding carboxylic acids is 2. The highest BCUT2D eigenvalue weighted by Gasteiger charge is 2.06. The van der Waals surface area contributed by atoms with Crippen LogP contribution in [0.5, 0.6) is 11.5 Å². The molecule has 186 valence electrons. The van der Waals surface area contributed by atoms with Crippen molar-refractivity contribution < 1.29 is 19.1 Å². The van der Waals surface area contributed by atoms with Crippen LogP contribution in [0.25, 0.3) is 12.2 Å². The molecule has 0 radical (unpaired) electrons. The van der Waals surface area contributed by atoms with Gasteiger partial charge < -0.3 is 14.4 Å². The Morgan fingerprint density at radius 2 is 1.47 bits per heavy atom. The highest BCUT2D eigenvalue weighted by Crippen LogP contribution is 2.18. The number of ether oxygens (including phenoxy) is 2. The highest BCUT2D eigenvalue weighted by atomic mass is 16.5. The molecule has 0 aliphatic carbocycles. The van der Waals surface area contributed by atoms with Crippen molar-refractivity contribution in [1.82, 2.24) is 0 Å². The second-order valence-corrected chi connectivity index (χ2v) is 8.59.